The molecule has 3 heterocycles. The van der Waals surface area contributed by atoms with Crippen molar-refractivity contribution in [3.63, 3.8) is 0 Å². The Morgan fingerprint density at radius 3 is 2.15 bits per heavy atom. The van der Waals surface area contributed by atoms with E-state index in [2.05, 4.69) is 26.8 Å². The number of hydrogen-bond acceptors (Lipinski definition) is 14. The van der Waals surface area contributed by atoms with Crippen molar-refractivity contribution in [2.24, 2.45) is 46.3 Å². The van der Waals surface area contributed by atoms with Gasteiger partial charge in [-0.1, -0.05) is 39.3 Å². The molecule has 3 saturated carbocycles. The van der Waals surface area contributed by atoms with Crippen molar-refractivity contribution >= 4 is 0 Å². The zero-order valence-electron chi connectivity index (χ0n) is 32.5. The van der Waals surface area contributed by atoms with Gasteiger partial charge in [0.15, 0.2) is 18.4 Å². The number of allylic oxidation sites excluding steroid dienone is 1. The molecule has 1 unspecified atom stereocenters. The summed E-state index contributed by atoms with van der Waals surface area (Å²) >= 11 is 0. The van der Waals surface area contributed by atoms with Gasteiger partial charge in [0.1, 0.15) is 48.8 Å². The second kappa shape index (κ2) is 15.7. The van der Waals surface area contributed by atoms with Gasteiger partial charge in [0.05, 0.1) is 32.0 Å². The third-order valence-corrected chi connectivity index (χ3v) is 15.6. The molecule has 14 nitrogen and oxygen atoms in total. The summed E-state index contributed by atoms with van der Waals surface area (Å²) in [5, 5.41) is 80.8. The fourth-order valence-electron chi connectivity index (χ4n) is 12.4. The van der Waals surface area contributed by atoms with Crippen molar-refractivity contribution in [2.75, 3.05) is 26.9 Å². The van der Waals surface area contributed by atoms with Crippen molar-refractivity contribution in [1.82, 2.24) is 0 Å². The second-order valence-electron chi connectivity index (χ2n) is 18.4. The van der Waals surface area contributed by atoms with Gasteiger partial charge in [-0.05, 0) is 91.8 Å². The number of aliphatic hydroxyl groups is 8. The summed E-state index contributed by atoms with van der Waals surface area (Å²) in [5.74, 6) is 1.52. The van der Waals surface area contributed by atoms with Crippen LogP contribution in [0.25, 0.3) is 0 Å². The normalized spacial score (nSPS) is 53.6. The average Bonchev–Trinajstić information content (AvgIpc) is 3.62. The SMILES string of the molecule is COC1(CC[C@@H](C)CO[C@H]2O[C@H](CO)[C@@H](O)[C@H](O)[C@H]2O)O[C@H]2C[C@H]3[C@@H]4CC=C5C[C@@H](O[C@H]6O[C@H](CO)[C@@H](O)[C@H](O)[C@H]6O)CC[C@]5(C)[C@H]4CC[C@]3(C)[C@H]2[C@@H]1C. The summed E-state index contributed by atoms with van der Waals surface area (Å²) in [6.07, 6.45) is -2.30. The monoisotopic (exact) mass is 770 g/mol. The molecule has 310 valence electrons. The molecule has 3 saturated heterocycles. The molecule has 0 aromatic heterocycles. The topological polar surface area (TPSA) is 217 Å². The van der Waals surface area contributed by atoms with Crippen molar-refractivity contribution in [3.05, 3.63) is 11.6 Å². The van der Waals surface area contributed by atoms with Gasteiger partial charge in [0.25, 0.3) is 0 Å². The molecule has 3 aliphatic heterocycles. The quantitative estimate of drug-likeness (QED) is 0.138. The molecule has 7 rings (SSSR count). The van der Waals surface area contributed by atoms with Crippen LogP contribution in [0.15, 0.2) is 11.6 Å². The predicted octanol–water partition coefficient (Wildman–Crippen LogP) is 0.971. The molecule has 8 N–H and O–H groups in total. The van der Waals surface area contributed by atoms with Gasteiger partial charge in [-0.25, -0.2) is 0 Å². The van der Waals surface area contributed by atoms with Crippen LogP contribution in [-0.4, -0.2) is 147 Å². The molecule has 7 aliphatic rings. The first kappa shape index (κ1) is 41.3. The Morgan fingerprint density at radius 1 is 0.852 bits per heavy atom. The molecule has 54 heavy (non-hydrogen) atoms. The zero-order valence-corrected chi connectivity index (χ0v) is 32.5. The molecular weight excluding hydrogens is 704 g/mol. The average molecular weight is 771 g/mol. The van der Waals surface area contributed by atoms with Crippen LogP contribution in [0, 0.1) is 46.3 Å². The Hall–Kier alpha value is -0.820. The van der Waals surface area contributed by atoms with Gasteiger partial charge in [0, 0.05) is 19.4 Å². The van der Waals surface area contributed by atoms with Crippen LogP contribution >= 0.6 is 0 Å². The zero-order chi connectivity index (χ0) is 38.9. The summed E-state index contributed by atoms with van der Waals surface area (Å²) in [5.41, 5.74) is 1.57. The maximum absolute atomic E-state index is 10.6. The lowest BCUT2D eigenvalue weighted by Crippen LogP contribution is -2.60. The number of methoxy groups -OCH3 is 1. The highest BCUT2D eigenvalue weighted by Crippen LogP contribution is 2.70. The first-order chi connectivity index (χ1) is 25.6. The van der Waals surface area contributed by atoms with E-state index >= 15 is 0 Å². The first-order valence-corrected chi connectivity index (χ1v) is 20.4. The van der Waals surface area contributed by atoms with Crippen LogP contribution in [0.1, 0.15) is 85.5 Å². The Kier molecular flexibility index (Phi) is 12.1. The summed E-state index contributed by atoms with van der Waals surface area (Å²) in [4.78, 5) is 0. The molecule has 0 spiro atoms. The standard InChI is InChI=1S/C40H66O14/c1-19(18-50-36-34(47)32(45)30(43)27(16-41)52-36)8-13-40(49-5)20(2)29-26(54-40)15-25-23-7-6-21-14-22(9-11-38(21,3)24(23)10-12-39(25,29)4)51-37-35(48)33(46)31(44)28(17-42)53-37/h6,19-20,22-37,41-48H,7-18H2,1-5H3/t19-,20+,22+,23-,24+,25+,26+,27-,28-,29+,30-,31-,32+,33+,34-,35-,36+,37+,38+,39+,40?/m1/s1. The van der Waals surface area contributed by atoms with Crippen molar-refractivity contribution < 1.29 is 69.3 Å². The Balaban J connectivity index is 0.963. The lowest BCUT2D eigenvalue weighted by atomic mass is 9.47. The van der Waals surface area contributed by atoms with E-state index in [0.29, 0.717) is 30.1 Å². The smallest absolute Gasteiger partial charge is 0.186 e. The van der Waals surface area contributed by atoms with Gasteiger partial charge in [-0.15, -0.1) is 0 Å². The summed E-state index contributed by atoms with van der Waals surface area (Å²) < 4.78 is 36.6. The molecule has 21 atom stereocenters. The molecule has 0 aromatic rings. The third-order valence-electron chi connectivity index (χ3n) is 15.6. The largest absolute Gasteiger partial charge is 0.394 e. The van der Waals surface area contributed by atoms with Gasteiger partial charge in [-0.3, -0.25) is 0 Å². The maximum Gasteiger partial charge on any atom is 0.186 e. The molecular formula is C40H66O14. The molecule has 6 fully saturated rings. The van der Waals surface area contributed by atoms with E-state index in [4.69, 9.17) is 28.4 Å². The Labute approximate surface area is 318 Å². The molecule has 0 bridgehead atoms. The van der Waals surface area contributed by atoms with Crippen molar-refractivity contribution in [2.45, 2.75) is 165 Å². The Bertz CT molecular complexity index is 1330. The number of ether oxygens (including phenoxy) is 6. The number of aliphatic hydroxyl groups excluding tert-OH is 8. The van der Waals surface area contributed by atoms with E-state index in [1.165, 1.54) is 5.57 Å². The first-order valence-electron chi connectivity index (χ1n) is 20.4. The molecule has 0 radical (unpaired) electrons. The molecule has 0 amide bonds. The number of rotatable bonds is 11. The number of fused-ring (bicyclic) bond motifs is 7. The van der Waals surface area contributed by atoms with Crippen LogP contribution in [0.3, 0.4) is 0 Å². The third kappa shape index (κ3) is 6.85. The minimum absolute atomic E-state index is 0.0494. The fraction of sp³-hybridized carbons (Fsp3) is 0.950. The van der Waals surface area contributed by atoms with Crippen LogP contribution in [0.2, 0.25) is 0 Å². The van der Waals surface area contributed by atoms with Crippen LogP contribution in [0.5, 0.6) is 0 Å². The van der Waals surface area contributed by atoms with Gasteiger partial charge in [-0.2, -0.15) is 0 Å². The van der Waals surface area contributed by atoms with E-state index in [0.717, 1.165) is 51.4 Å². The molecule has 14 heteroatoms. The predicted molar refractivity (Wildman–Crippen MR) is 191 cm³/mol. The lowest BCUT2D eigenvalue weighted by molar-refractivity contribution is -0.313. The summed E-state index contributed by atoms with van der Waals surface area (Å²) in [6, 6.07) is 0. The van der Waals surface area contributed by atoms with Crippen molar-refractivity contribution in [3.8, 4) is 0 Å². The highest BCUT2D eigenvalue weighted by atomic mass is 16.7. The van der Waals surface area contributed by atoms with Crippen LogP contribution in [0.4, 0.5) is 0 Å². The van der Waals surface area contributed by atoms with Gasteiger partial charge < -0.3 is 69.3 Å². The second-order valence-corrected chi connectivity index (χ2v) is 18.4. The van der Waals surface area contributed by atoms with Crippen LogP contribution < -0.4 is 0 Å². The minimum atomic E-state index is -1.47. The summed E-state index contributed by atoms with van der Waals surface area (Å²) in [7, 11) is 1.75. The molecule has 4 aliphatic carbocycles. The highest BCUT2D eigenvalue weighted by Gasteiger charge is 2.68. The van der Waals surface area contributed by atoms with Gasteiger partial charge >= 0.3 is 0 Å². The van der Waals surface area contributed by atoms with E-state index in [1.54, 1.807) is 7.11 Å². The number of hydrogen-bond donors (Lipinski definition) is 8. The van der Waals surface area contributed by atoms with E-state index < -0.39 is 80.4 Å². The van der Waals surface area contributed by atoms with Crippen LogP contribution in [-0.2, 0) is 28.4 Å². The minimum Gasteiger partial charge on any atom is -0.394 e. The summed E-state index contributed by atoms with van der Waals surface area (Å²) in [6.45, 7) is 8.53. The maximum atomic E-state index is 10.6. The highest BCUT2D eigenvalue weighted by molar-refractivity contribution is 5.26. The van der Waals surface area contributed by atoms with Gasteiger partial charge in [0.2, 0.25) is 0 Å². The Morgan fingerprint density at radius 2 is 1.50 bits per heavy atom. The van der Waals surface area contributed by atoms with E-state index in [1.807, 2.05) is 6.92 Å². The molecule has 0 aromatic carbocycles. The fourth-order valence-corrected chi connectivity index (χ4v) is 12.4. The van der Waals surface area contributed by atoms with E-state index in [9.17, 15) is 40.9 Å². The lowest BCUT2D eigenvalue weighted by Gasteiger charge is -2.58. The van der Waals surface area contributed by atoms with Crippen molar-refractivity contribution in [1.29, 1.82) is 0 Å². The van der Waals surface area contributed by atoms with E-state index in [-0.39, 0.29) is 41.5 Å².